The standard InChI is InChI=1S/C10H20N2OS/c1-7(11)10(13)12-8-5-3-4-6-9(8)14-2/h7-9H,3-6,11H2,1-2H3,(H,12,13)/t7-,8?,9?/m1/s1. The molecule has 1 aliphatic rings. The third-order valence-corrected chi connectivity index (χ3v) is 3.92. The Morgan fingerprint density at radius 2 is 2.14 bits per heavy atom. The molecule has 82 valence electrons. The molecule has 3 atom stereocenters. The van der Waals surface area contributed by atoms with E-state index in [1.165, 1.54) is 19.3 Å². The minimum Gasteiger partial charge on any atom is -0.351 e. The maximum atomic E-state index is 11.4. The van der Waals surface area contributed by atoms with Crippen molar-refractivity contribution in [2.45, 2.75) is 49.9 Å². The Kier molecular flexibility index (Phi) is 4.75. The van der Waals surface area contributed by atoms with Crippen molar-refractivity contribution >= 4 is 17.7 Å². The van der Waals surface area contributed by atoms with E-state index in [0.717, 1.165) is 6.42 Å². The van der Waals surface area contributed by atoms with Crippen LogP contribution in [0.2, 0.25) is 0 Å². The van der Waals surface area contributed by atoms with Crippen LogP contribution in [-0.4, -0.2) is 29.5 Å². The second-order valence-electron chi connectivity index (χ2n) is 3.96. The number of amides is 1. The van der Waals surface area contributed by atoms with Gasteiger partial charge in [-0.25, -0.2) is 0 Å². The van der Waals surface area contributed by atoms with Gasteiger partial charge in [-0.1, -0.05) is 12.8 Å². The number of carbonyl (C=O) groups is 1. The van der Waals surface area contributed by atoms with Crippen LogP contribution in [0.3, 0.4) is 0 Å². The van der Waals surface area contributed by atoms with Gasteiger partial charge >= 0.3 is 0 Å². The average molecular weight is 216 g/mol. The van der Waals surface area contributed by atoms with Crippen LogP contribution in [0.4, 0.5) is 0 Å². The highest BCUT2D eigenvalue weighted by atomic mass is 32.2. The zero-order valence-electron chi connectivity index (χ0n) is 8.95. The molecular weight excluding hydrogens is 196 g/mol. The van der Waals surface area contributed by atoms with Gasteiger partial charge in [0.1, 0.15) is 0 Å². The summed E-state index contributed by atoms with van der Waals surface area (Å²) in [5.74, 6) is -0.0176. The molecule has 14 heavy (non-hydrogen) atoms. The smallest absolute Gasteiger partial charge is 0.236 e. The largest absolute Gasteiger partial charge is 0.351 e. The SMILES string of the molecule is CSC1CCCCC1NC(=O)[C@@H](C)N. The summed E-state index contributed by atoms with van der Waals surface area (Å²) >= 11 is 1.85. The van der Waals surface area contributed by atoms with Gasteiger partial charge < -0.3 is 11.1 Å². The van der Waals surface area contributed by atoms with E-state index in [4.69, 9.17) is 5.73 Å². The Hall–Kier alpha value is -0.220. The summed E-state index contributed by atoms with van der Waals surface area (Å²) in [6, 6.07) is -0.0586. The van der Waals surface area contributed by atoms with Crippen LogP contribution in [0.5, 0.6) is 0 Å². The van der Waals surface area contributed by atoms with Gasteiger partial charge in [0, 0.05) is 11.3 Å². The highest BCUT2D eigenvalue weighted by Gasteiger charge is 2.26. The molecule has 2 unspecified atom stereocenters. The summed E-state index contributed by atoms with van der Waals surface area (Å²) in [5, 5.41) is 3.61. The first-order chi connectivity index (χ1) is 6.65. The lowest BCUT2D eigenvalue weighted by molar-refractivity contribution is -0.122. The van der Waals surface area contributed by atoms with E-state index in [-0.39, 0.29) is 11.9 Å². The van der Waals surface area contributed by atoms with Gasteiger partial charge in [-0.15, -0.1) is 0 Å². The molecule has 0 spiro atoms. The van der Waals surface area contributed by atoms with Crippen LogP contribution in [-0.2, 0) is 4.79 Å². The molecule has 4 heteroatoms. The molecule has 1 amide bonds. The Bertz CT molecular complexity index is 197. The molecular formula is C10H20N2OS. The predicted octanol–water partition coefficient (Wildman–Crippen LogP) is 1.12. The highest BCUT2D eigenvalue weighted by Crippen LogP contribution is 2.27. The lowest BCUT2D eigenvalue weighted by atomic mass is 9.94. The summed E-state index contributed by atoms with van der Waals surface area (Å²) < 4.78 is 0. The molecule has 1 rings (SSSR count). The Balaban J connectivity index is 2.44. The quantitative estimate of drug-likeness (QED) is 0.743. The molecule has 0 saturated heterocycles. The first-order valence-corrected chi connectivity index (χ1v) is 6.52. The fourth-order valence-corrected chi connectivity index (χ4v) is 2.79. The van der Waals surface area contributed by atoms with Gasteiger partial charge in [-0.05, 0) is 26.0 Å². The topological polar surface area (TPSA) is 55.1 Å². The molecule has 0 radical (unpaired) electrons. The lowest BCUT2D eigenvalue weighted by Crippen LogP contribution is -2.49. The van der Waals surface area contributed by atoms with Gasteiger partial charge in [0.2, 0.25) is 5.91 Å². The van der Waals surface area contributed by atoms with Gasteiger partial charge in [0.15, 0.2) is 0 Å². The van der Waals surface area contributed by atoms with E-state index in [2.05, 4.69) is 11.6 Å². The molecule has 0 aromatic carbocycles. The number of nitrogens with two attached hydrogens (primary N) is 1. The molecule has 1 saturated carbocycles. The molecule has 1 aliphatic carbocycles. The maximum absolute atomic E-state index is 11.4. The second kappa shape index (κ2) is 5.61. The van der Waals surface area contributed by atoms with Crippen molar-refractivity contribution in [2.75, 3.05) is 6.26 Å². The number of hydrogen-bond acceptors (Lipinski definition) is 3. The number of hydrogen-bond donors (Lipinski definition) is 2. The Morgan fingerprint density at radius 1 is 1.50 bits per heavy atom. The third-order valence-electron chi connectivity index (χ3n) is 2.75. The molecule has 3 N–H and O–H groups in total. The van der Waals surface area contributed by atoms with E-state index in [0.29, 0.717) is 11.3 Å². The molecule has 1 fully saturated rings. The Labute approximate surface area is 90.2 Å². The average Bonchev–Trinajstić information content (AvgIpc) is 2.18. The first-order valence-electron chi connectivity index (χ1n) is 5.24. The van der Waals surface area contributed by atoms with Gasteiger partial charge in [0.05, 0.1) is 6.04 Å². The van der Waals surface area contributed by atoms with Crippen LogP contribution in [0.15, 0.2) is 0 Å². The van der Waals surface area contributed by atoms with E-state index < -0.39 is 0 Å². The zero-order valence-corrected chi connectivity index (χ0v) is 9.77. The summed E-state index contributed by atoms with van der Waals surface area (Å²) in [7, 11) is 0. The molecule has 3 nitrogen and oxygen atoms in total. The molecule has 0 heterocycles. The van der Waals surface area contributed by atoms with E-state index in [9.17, 15) is 4.79 Å². The molecule has 0 aromatic heterocycles. The highest BCUT2D eigenvalue weighted by molar-refractivity contribution is 7.99. The fourth-order valence-electron chi connectivity index (χ4n) is 1.86. The van der Waals surface area contributed by atoms with Crippen molar-refractivity contribution in [3.8, 4) is 0 Å². The number of rotatable bonds is 3. The van der Waals surface area contributed by atoms with E-state index >= 15 is 0 Å². The molecule has 0 aliphatic heterocycles. The van der Waals surface area contributed by atoms with Crippen LogP contribution in [0, 0.1) is 0 Å². The van der Waals surface area contributed by atoms with Crippen LogP contribution in [0.25, 0.3) is 0 Å². The van der Waals surface area contributed by atoms with Crippen molar-refractivity contribution in [3.63, 3.8) is 0 Å². The molecule has 0 bridgehead atoms. The van der Waals surface area contributed by atoms with Gasteiger partial charge in [-0.2, -0.15) is 11.8 Å². The van der Waals surface area contributed by atoms with Crippen molar-refractivity contribution in [1.29, 1.82) is 0 Å². The van der Waals surface area contributed by atoms with Crippen LogP contribution < -0.4 is 11.1 Å². The predicted molar refractivity (Wildman–Crippen MR) is 61.4 cm³/mol. The lowest BCUT2D eigenvalue weighted by Gasteiger charge is -2.31. The monoisotopic (exact) mass is 216 g/mol. The third kappa shape index (κ3) is 3.17. The number of nitrogens with one attached hydrogen (secondary N) is 1. The van der Waals surface area contributed by atoms with Gasteiger partial charge in [0.25, 0.3) is 0 Å². The summed E-state index contributed by atoms with van der Waals surface area (Å²) in [6.45, 7) is 1.73. The van der Waals surface area contributed by atoms with Crippen molar-refractivity contribution in [3.05, 3.63) is 0 Å². The minimum atomic E-state index is -0.389. The fraction of sp³-hybridized carbons (Fsp3) is 0.900. The molecule has 0 aromatic rings. The van der Waals surface area contributed by atoms with Crippen molar-refractivity contribution in [1.82, 2.24) is 5.32 Å². The number of carbonyl (C=O) groups excluding carboxylic acids is 1. The van der Waals surface area contributed by atoms with E-state index in [1.807, 2.05) is 11.8 Å². The second-order valence-corrected chi connectivity index (χ2v) is 5.04. The summed E-state index contributed by atoms with van der Waals surface area (Å²) in [6.07, 6.45) is 6.94. The Morgan fingerprint density at radius 3 is 2.71 bits per heavy atom. The van der Waals surface area contributed by atoms with Crippen molar-refractivity contribution < 1.29 is 4.79 Å². The van der Waals surface area contributed by atoms with E-state index in [1.54, 1.807) is 6.92 Å². The van der Waals surface area contributed by atoms with Crippen molar-refractivity contribution in [2.24, 2.45) is 5.73 Å². The summed E-state index contributed by atoms with van der Waals surface area (Å²) in [4.78, 5) is 11.4. The number of thioether (sulfide) groups is 1. The maximum Gasteiger partial charge on any atom is 0.236 e. The normalized spacial score (nSPS) is 29.6. The van der Waals surface area contributed by atoms with Gasteiger partial charge in [-0.3, -0.25) is 4.79 Å². The minimum absolute atomic E-state index is 0.0176. The van der Waals surface area contributed by atoms with Crippen LogP contribution >= 0.6 is 11.8 Å². The first kappa shape index (κ1) is 11.9. The zero-order chi connectivity index (χ0) is 10.6. The summed E-state index contributed by atoms with van der Waals surface area (Å²) in [5.41, 5.74) is 5.52. The van der Waals surface area contributed by atoms with Crippen LogP contribution in [0.1, 0.15) is 32.6 Å².